The minimum atomic E-state index is -0.139. The van der Waals surface area contributed by atoms with E-state index in [1.165, 1.54) is 0 Å². The first-order chi connectivity index (χ1) is 9.68. The third-order valence-corrected chi connectivity index (χ3v) is 3.82. The van der Waals surface area contributed by atoms with Crippen LogP contribution in [-0.2, 0) is 14.3 Å². The fourth-order valence-electron chi connectivity index (χ4n) is 2.49. The van der Waals surface area contributed by atoms with Crippen molar-refractivity contribution in [1.29, 1.82) is 0 Å². The molecule has 0 aromatic carbocycles. The molecule has 0 saturated carbocycles. The summed E-state index contributed by atoms with van der Waals surface area (Å²) in [7, 11) is 0. The Morgan fingerprint density at radius 3 is 2.45 bits per heavy atom. The number of hydrogen-bond acceptors (Lipinski definition) is 4. The molecule has 2 rings (SSSR count). The zero-order valence-corrected chi connectivity index (χ0v) is 12.1. The fourth-order valence-corrected chi connectivity index (χ4v) is 2.49. The van der Waals surface area contributed by atoms with Gasteiger partial charge in [-0.15, -0.1) is 0 Å². The van der Waals surface area contributed by atoms with E-state index in [4.69, 9.17) is 4.74 Å². The monoisotopic (exact) mass is 282 g/mol. The van der Waals surface area contributed by atoms with E-state index in [0.717, 1.165) is 26.2 Å². The first-order valence-corrected chi connectivity index (χ1v) is 7.38. The summed E-state index contributed by atoms with van der Waals surface area (Å²) in [5, 5.41) is 3.22. The van der Waals surface area contributed by atoms with Gasteiger partial charge in [-0.25, -0.2) is 0 Å². The summed E-state index contributed by atoms with van der Waals surface area (Å²) in [6.07, 6.45) is 2.17. The molecule has 0 aromatic rings. The van der Waals surface area contributed by atoms with E-state index in [9.17, 15) is 9.59 Å². The van der Waals surface area contributed by atoms with Gasteiger partial charge < -0.3 is 19.9 Å². The zero-order chi connectivity index (χ0) is 14.4. The number of rotatable bonds is 4. The van der Waals surface area contributed by atoms with E-state index >= 15 is 0 Å². The molecule has 1 N–H and O–H groups in total. The lowest BCUT2D eigenvalue weighted by atomic mass is 10.0. The van der Waals surface area contributed by atoms with Crippen LogP contribution < -0.4 is 5.32 Å². The molecule has 2 aliphatic rings. The van der Waals surface area contributed by atoms with E-state index in [-0.39, 0.29) is 17.7 Å². The SMILES string of the molecule is CC(C[CH]C(=O)N1CCNCC1)C(=O)N1CCOCC1. The van der Waals surface area contributed by atoms with Gasteiger partial charge in [0.05, 0.1) is 19.6 Å². The lowest BCUT2D eigenvalue weighted by Gasteiger charge is -2.30. The maximum atomic E-state index is 12.2. The van der Waals surface area contributed by atoms with Crippen LogP contribution in [0.2, 0.25) is 0 Å². The average Bonchev–Trinajstić information content (AvgIpc) is 2.53. The molecular weight excluding hydrogens is 258 g/mol. The third kappa shape index (κ3) is 4.18. The fraction of sp³-hybridized carbons (Fsp3) is 0.786. The van der Waals surface area contributed by atoms with Gasteiger partial charge in [0.25, 0.3) is 0 Å². The van der Waals surface area contributed by atoms with Gasteiger partial charge in [-0.2, -0.15) is 0 Å². The highest BCUT2D eigenvalue weighted by atomic mass is 16.5. The Morgan fingerprint density at radius 2 is 1.80 bits per heavy atom. The quantitative estimate of drug-likeness (QED) is 0.756. The van der Waals surface area contributed by atoms with Gasteiger partial charge in [-0.05, 0) is 6.42 Å². The minimum Gasteiger partial charge on any atom is -0.378 e. The summed E-state index contributed by atoms with van der Waals surface area (Å²) in [6, 6.07) is 0. The number of ether oxygens (including phenoxy) is 1. The van der Waals surface area contributed by atoms with E-state index in [1.54, 1.807) is 6.42 Å². The molecule has 6 heteroatoms. The molecule has 0 bridgehead atoms. The van der Waals surface area contributed by atoms with Crippen molar-refractivity contribution in [3.8, 4) is 0 Å². The highest BCUT2D eigenvalue weighted by Crippen LogP contribution is 2.12. The highest BCUT2D eigenvalue weighted by molar-refractivity contribution is 5.86. The van der Waals surface area contributed by atoms with Crippen molar-refractivity contribution in [3.63, 3.8) is 0 Å². The predicted molar refractivity (Wildman–Crippen MR) is 74.9 cm³/mol. The van der Waals surface area contributed by atoms with Gasteiger partial charge in [0.2, 0.25) is 11.8 Å². The first kappa shape index (κ1) is 15.3. The molecular formula is C14H24N3O3. The highest BCUT2D eigenvalue weighted by Gasteiger charge is 2.24. The van der Waals surface area contributed by atoms with Crippen LogP contribution in [0.25, 0.3) is 0 Å². The van der Waals surface area contributed by atoms with E-state index in [1.807, 2.05) is 16.7 Å². The van der Waals surface area contributed by atoms with Crippen LogP contribution in [0.15, 0.2) is 0 Å². The smallest absolute Gasteiger partial charge is 0.226 e. The van der Waals surface area contributed by atoms with Crippen LogP contribution in [0.4, 0.5) is 0 Å². The minimum absolute atomic E-state index is 0.0492. The molecule has 2 aliphatic heterocycles. The second-order valence-electron chi connectivity index (χ2n) is 5.35. The molecule has 2 fully saturated rings. The van der Waals surface area contributed by atoms with E-state index < -0.39 is 0 Å². The Kier molecular flexibility index (Phi) is 5.79. The summed E-state index contributed by atoms with van der Waals surface area (Å²) in [4.78, 5) is 27.9. The van der Waals surface area contributed by atoms with Crippen molar-refractivity contribution in [3.05, 3.63) is 6.42 Å². The summed E-state index contributed by atoms with van der Waals surface area (Å²) in [5.74, 6) is 0.0331. The van der Waals surface area contributed by atoms with Crippen molar-refractivity contribution in [2.75, 3.05) is 52.5 Å². The molecule has 2 saturated heterocycles. The zero-order valence-electron chi connectivity index (χ0n) is 12.1. The van der Waals surface area contributed by atoms with Crippen LogP contribution >= 0.6 is 0 Å². The number of amides is 2. The molecule has 113 valence electrons. The number of carbonyl (C=O) groups excluding carboxylic acids is 2. The number of hydrogen-bond donors (Lipinski definition) is 1. The van der Waals surface area contributed by atoms with Crippen molar-refractivity contribution in [1.82, 2.24) is 15.1 Å². The Morgan fingerprint density at radius 1 is 1.15 bits per heavy atom. The second-order valence-corrected chi connectivity index (χ2v) is 5.35. The van der Waals surface area contributed by atoms with Crippen LogP contribution in [0.3, 0.4) is 0 Å². The van der Waals surface area contributed by atoms with E-state index in [2.05, 4.69) is 5.32 Å². The van der Waals surface area contributed by atoms with Crippen molar-refractivity contribution < 1.29 is 14.3 Å². The van der Waals surface area contributed by atoms with Gasteiger partial charge in [0.15, 0.2) is 0 Å². The predicted octanol–water partition coefficient (Wildman–Crippen LogP) is -0.493. The van der Waals surface area contributed by atoms with Crippen LogP contribution in [-0.4, -0.2) is 74.1 Å². The maximum absolute atomic E-state index is 12.2. The van der Waals surface area contributed by atoms with Gasteiger partial charge >= 0.3 is 0 Å². The Balaban J connectivity index is 1.71. The second kappa shape index (κ2) is 7.59. The topological polar surface area (TPSA) is 61.9 Å². The van der Waals surface area contributed by atoms with Crippen molar-refractivity contribution in [2.45, 2.75) is 13.3 Å². The summed E-state index contributed by atoms with van der Waals surface area (Å²) < 4.78 is 5.24. The first-order valence-electron chi connectivity index (χ1n) is 7.38. The average molecular weight is 282 g/mol. The summed E-state index contributed by atoms with van der Waals surface area (Å²) >= 11 is 0. The normalized spacial score (nSPS) is 21.6. The summed E-state index contributed by atoms with van der Waals surface area (Å²) in [5.41, 5.74) is 0. The summed E-state index contributed by atoms with van der Waals surface area (Å²) in [6.45, 7) is 7.64. The Bertz CT molecular complexity index is 337. The Labute approximate surface area is 120 Å². The number of nitrogens with zero attached hydrogens (tertiary/aromatic N) is 2. The molecule has 1 unspecified atom stereocenters. The lowest BCUT2D eigenvalue weighted by Crippen LogP contribution is -2.47. The molecule has 1 atom stereocenters. The number of morpholine rings is 1. The molecule has 1 radical (unpaired) electrons. The van der Waals surface area contributed by atoms with Crippen molar-refractivity contribution >= 4 is 11.8 Å². The molecule has 20 heavy (non-hydrogen) atoms. The largest absolute Gasteiger partial charge is 0.378 e. The lowest BCUT2D eigenvalue weighted by molar-refractivity contribution is -0.139. The molecule has 0 spiro atoms. The van der Waals surface area contributed by atoms with Crippen molar-refractivity contribution in [2.24, 2.45) is 5.92 Å². The number of piperazine rings is 1. The molecule has 2 amide bonds. The maximum Gasteiger partial charge on any atom is 0.226 e. The third-order valence-electron chi connectivity index (χ3n) is 3.82. The van der Waals surface area contributed by atoms with E-state index in [0.29, 0.717) is 32.7 Å². The molecule has 6 nitrogen and oxygen atoms in total. The molecule has 0 aromatic heterocycles. The number of carbonyl (C=O) groups is 2. The van der Waals surface area contributed by atoms with Crippen LogP contribution in [0, 0.1) is 12.3 Å². The van der Waals surface area contributed by atoms with Crippen LogP contribution in [0.5, 0.6) is 0 Å². The van der Waals surface area contributed by atoms with Gasteiger partial charge in [0.1, 0.15) is 0 Å². The molecule has 2 heterocycles. The van der Waals surface area contributed by atoms with Gasteiger partial charge in [-0.1, -0.05) is 6.92 Å². The van der Waals surface area contributed by atoms with Gasteiger partial charge in [-0.3, -0.25) is 9.59 Å². The van der Waals surface area contributed by atoms with Crippen LogP contribution in [0.1, 0.15) is 13.3 Å². The Hall–Kier alpha value is -1.14. The molecule has 0 aliphatic carbocycles. The number of nitrogens with one attached hydrogen (secondary N) is 1. The van der Waals surface area contributed by atoms with Gasteiger partial charge in [0, 0.05) is 45.2 Å². The standard InChI is InChI=1S/C14H24N3O3/c1-12(14(19)17-8-10-20-11-9-17)2-3-13(18)16-6-4-15-5-7-16/h3,12,15H,2,4-11H2,1H3.